The maximum Gasteiger partial charge on any atom is 0.416 e. The van der Waals surface area contributed by atoms with Crippen LogP contribution in [0.25, 0.3) is 6.08 Å². The molecule has 0 saturated carbocycles. The summed E-state index contributed by atoms with van der Waals surface area (Å²) in [6.07, 6.45) is -0.431. The predicted octanol–water partition coefficient (Wildman–Crippen LogP) is 5.81. The van der Waals surface area contributed by atoms with Gasteiger partial charge in [0.15, 0.2) is 0 Å². The second-order valence-corrected chi connectivity index (χ2v) is 6.38. The summed E-state index contributed by atoms with van der Waals surface area (Å²) in [6.45, 7) is 5.41. The van der Waals surface area contributed by atoms with Crippen molar-refractivity contribution in [2.45, 2.75) is 32.5 Å². The van der Waals surface area contributed by atoms with E-state index in [1.54, 1.807) is 24.3 Å². The topological polar surface area (TPSA) is 83.8 Å². The Hall–Kier alpha value is -3.55. The third-order valence-electron chi connectivity index (χ3n) is 3.84. The molecule has 0 heterocycles. The quantitative estimate of drug-likeness (QED) is 0.510. The number of aliphatic carboxylic acids is 2. The van der Waals surface area contributed by atoms with Crippen molar-refractivity contribution in [2.75, 3.05) is 0 Å². The van der Waals surface area contributed by atoms with Crippen molar-refractivity contribution in [2.24, 2.45) is 0 Å². The highest BCUT2D eigenvalue weighted by atomic mass is 19.4. The van der Waals surface area contributed by atoms with Gasteiger partial charge in [0.05, 0.1) is 5.56 Å². The molecule has 2 N–H and O–H groups in total. The Labute approximate surface area is 178 Å². The molecule has 0 aliphatic heterocycles. The lowest BCUT2D eigenvalue weighted by atomic mass is 10.1. The van der Waals surface area contributed by atoms with E-state index in [2.05, 4.69) is 6.58 Å². The SMILES string of the molecule is C=C(CCC)C(=O)O.O=C(O)C=Cc1ccc(OCc2ccc(C(F)(F)F)cc2)cc1. The number of hydrogen-bond acceptors (Lipinski definition) is 3. The van der Waals surface area contributed by atoms with Crippen molar-refractivity contribution in [3.05, 3.63) is 83.4 Å². The van der Waals surface area contributed by atoms with E-state index in [1.165, 1.54) is 18.2 Å². The normalized spacial score (nSPS) is 10.8. The van der Waals surface area contributed by atoms with Crippen LogP contribution in [0.15, 0.2) is 66.8 Å². The molecule has 2 aromatic rings. The number of carboxylic acids is 2. The van der Waals surface area contributed by atoms with Gasteiger partial charge in [0.25, 0.3) is 0 Å². The van der Waals surface area contributed by atoms with Crippen LogP contribution in [-0.2, 0) is 22.4 Å². The predicted molar refractivity (Wildman–Crippen MR) is 111 cm³/mol. The molecule has 8 heteroatoms. The number of carbonyl (C=O) groups is 2. The van der Waals surface area contributed by atoms with Crippen molar-refractivity contribution >= 4 is 18.0 Å². The molecule has 2 aromatic carbocycles. The number of ether oxygens (including phenoxy) is 1. The highest BCUT2D eigenvalue weighted by molar-refractivity contribution is 5.85. The zero-order chi connectivity index (χ0) is 23.4. The second kappa shape index (κ2) is 12.2. The van der Waals surface area contributed by atoms with Crippen LogP contribution in [0.1, 0.15) is 36.5 Å². The van der Waals surface area contributed by atoms with E-state index in [4.69, 9.17) is 14.9 Å². The van der Waals surface area contributed by atoms with Gasteiger partial charge in [-0.3, -0.25) is 0 Å². The minimum atomic E-state index is -4.35. The average molecular weight is 436 g/mol. The first-order valence-electron chi connectivity index (χ1n) is 9.24. The van der Waals surface area contributed by atoms with Crippen LogP contribution < -0.4 is 4.74 Å². The monoisotopic (exact) mass is 436 g/mol. The van der Waals surface area contributed by atoms with Gasteiger partial charge in [-0.05, 0) is 47.9 Å². The van der Waals surface area contributed by atoms with Gasteiger partial charge < -0.3 is 14.9 Å². The van der Waals surface area contributed by atoms with Gasteiger partial charge >= 0.3 is 18.1 Å². The molecule has 31 heavy (non-hydrogen) atoms. The number of carboxylic acid groups (broad SMARTS) is 2. The van der Waals surface area contributed by atoms with E-state index in [9.17, 15) is 22.8 Å². The summed E-state index contributed by atoms with van der Waals surface area (Å²) >= 11 is 0. The van der Waals surface area contributed by atoms with Crippen molar-refractivity contribution in [3.8, 4) is 5.75 Å². The number of halogens is 3. The van der Waals surface area contributed by atoms with E-state index in [1.807, 2.05) is 6.92 Å². The van der Waals surface area contributed by atoms with E-state index in [0.717, 1.165) is 24.6 Å². The molecule has 0 unspecified atom stereocenters. The van der Waals surface area contributed by atoms with Crippen LogP contribution in [0.4, 0.5) is 13.2 Å². The average Bonchev–Trinajstić information content (AvgIpc) is 2.71. The van der Waals surface area contributed by atoms with E-state index < -0.39 is 23.7 Å². The van der Waals surface area contributed by atoms with Crippen molar-refractivity contribution < 1.29 is 37.7 Å². The Morgan fingerprint density at radius 3 is 2.03 bits per heavy atom. The molecular formula is C23H23F3O5. The first kappa shape index (κ1) is 25.5. The Bertz CT molecular complexity index is 898. The zero-order valence-corrected chi connectivity index (χ0v) is 16.9. The number of benzene rings is 2. The number of rotatable bonds is 8. The molecule has 0 atom stereocenters. The molecule has 2 rings (SSSR count). The fourth-order valence-electron chi connectivity index (χ4n) is 2.21. The third-order valence-corrected chi connectivity index (χ3v) is 3.84. The summed E-state index contributed by atoms with van der Waals surface area (Å²) in [7, 11) is 0. The van der Waals surface area contributed by atoms with Gasteiger partial charge in [0, 0.05) is 11.6 Å². The van der Waals surface area contributed by atoms with Crippen molar-refractivity contribution in [3.63, 3.8) is 0 Å². The largest absolute Gasteiger partial charge is 0.489 e. The highest BCUT2D eigenvalue weighted by Crippen LogP contribution is 2.29. The molecular weight excluding hydrogens is 413 g/mol. The van der Waals surface area contributed by atoms with Gasteiger partial charge in [-0.1, -0.05) is 44.2 Å². The molecule has 166 valence electrons. The molecule has 0 spiro atoms. The van der Waals surface area contributed by atoms with Gasteiger partial charge in [-0.2, -0.15) is 13.2 Å². The Morgan fingerprint density at radius 2 is 1.61 bits per heavy atom. The lowest BCUT2D eigenvalue weighted by molar-refractivity contribution is -0.137. The van der Waals surface area contributed by atoms with Crippen molar-refractivity contribution in [1.29, 1.82) is 0 Å². The minimum absolute atomic E-state index is 0.141. The summed E-state index contributed by atoms with van der Waals surface area (Å²) in [5.41, 5.74) is 0.922. The maximum absolute atomic E-state index is 12.4. The van der Waals surface area contributed by atoms with Gasteiger partial charge in [0.1, 0.15) is 12.4 Å². The Balaban J connectivity index is 0.000000512. The summed E-state index contributed by atoms with van der Waals surface area (Å²) in [5.74, 6) is -1.38. The number of alkyl halides is 3. The zero-order valence-electron chi connectivity index (χ0n) is 16.9. The first-order valence-corrected chi connectivity index (χ1v) is 9.24. The first-order chi connectivity index (χ1) is 14.5. The van der Waals surface area contributed by atoms with Crippen molar-refractivity contribution in [1.82, 2.24) is 0 Å². The molecule has 5 nitrogen and oxygen atoms in total. The molecule has 0 saturated heterocycles. The second-order valence-electron chi connectivity index (χ2n) is 6.38. The highest BCUT2D eigenvalue weighted by Gasteiger charge is 2.29. The molecule has 0 aromatic heterocycles. The minimum Gasteiger partial charge on any atom is -0.489 e. The van der Waals surface area contributed by atoms with Crippen LogP contribution >= 0.6 is 0 Å². The standard InChI is InChI=1S/C17H13F3O3.C6H10O2/c18-17(19,20)14-6-1-13(2-7-14)11-23-15-8-3-12(4-9-15)5-10-16(21)22;1-3-4-5(2)6(7)8/h1-10H,11H2,(H,21,22);2-4H2,1H3,(H,7,8). The number of hydrogen-bond donors (Lipinski definition) is 2. The van der Waals surface area contributed by atoms with Crippen LogP contribution in [0.2, 0.25) is 0 Å². The Morgan fingerprint density at radius 1 is 1.03 bits per heavy atom. The molecule has 0 aliphatic rings. The van der Waals surface area contributed by atoms with Gasteiger partial charge in [-0.15, -0.1) is 0 Å². The summed E-state index contributed by atoms with van der Waals surface area (Å²) in [4.78, 5) is 20.4. The van der Waals surface area contributed by atoms with Crippen LogP contribution in [0.5, 0.6) is 5.75 Å². The Kier molecular flexibility index (Phi) is 10.0. The lowest BCUT2D eigenvalue weighted by Gasteiger charge is -2.09. The summed E-state index contributed by atoms with van der Waals surface area (Å²) < 4.78 is 42.8. The van der Waals surface area contributed by atoms with Crippen LogP contribution in [0.3, 0.4) is 0 Å². The van der Waals surface area contributed by atoms with E-state index in [-0.39, 0.29) is 6.61 Å². The van der Waals surface area contributed by atoms with Gasteiger partial charge in [0.2, 0.25) is 0 Å². The van der Waals surface area contributed by atoms with Crippen LogP contribution in [-0.4, -0.2) is 22.2 Å². The fourth-order valence-corrected chi connectivity index (χ4v) is 2.21. The van der Waals surface area contributed by atoms with Gasteiger partial charge in [-0.25, -0.2) is 9.59 Å². The van der Waals surface area contributed by atoms with Crippen LogP contribution in [0, 0.1) is 0 Å². The fraction of sp³-hybridized carbons (Fsp3) is 0.217. The molecule has 0 amide bonds. The van der Waals surface area contributed by atoms with E-state index in [0.29, 0.717) is 28.9 Å². The summed E-state index contributed by atoms with van der Waals surface area (Å²) in [6, 6.07) is 11.4. The molecule has 0 aliphatic carbocycles. The lowest BCUT2D eigenvalue weighted by Crippen LogP contribution is -2.05. The third kappa shape index (κ3) is 10.2. The smallest absolute Gasteiger partial charge is 0.416 e. The molecule has 0 radical (unpaired) electrons. The maximum atomic E-state index is 12.4. The molecule has 0 bridgehead atoms. The van der Waals surface area contributed by atoms with E-state index >= 15 is 0 Å². The summed E-state index contributed by atoms with van der Waals surface area (Å²) in [5, 5.41) is 16.7. The molecule has 0 fully saturated rings.